The van der Waals surface area contributed by atoms with E-state index in [1.54, 1.807) is 0 Å². The average molecular weight is 525 g/mol. The van der Waals surface area contributed by atoms with Crippen molar-refractivity contribution in [1.29, 1.82) is 0 Å². The zero-order valence-electron chi connectivity index (χ0n) is 23.5. The number of nitrogens with zero attached hydrogens (tertiary/aromatic N) is 2. The highest BCUT2D eigenvalue weighted by Crippen LogP contribution is 2.42. The lowest BCUT2D eigenvalue weighted by Gasteiger charge is -2.35. The molecule has 1 aliphatic heterocycles. The number of hydrogen-bond acceptors (Lipinski definition) is 3. The molecule has 39 heavy (non-hydrogen) atoms. The zero-order chi connectivity index (χ0) is 26.9. The number of piperidine rings is 1. The van der Waals surface area contributed by atoms with E-state index in [-0.39, 0.29) is 12.1 Å². The van der Waals surface area contributed by atoms with E-state index in [2.05, 4.69) is 65.6 Å². The van der Waals surface area contributed by atoms with E-state index in [9.17, 15) is 4.79 Å². The topological polar surface area (TPSA) is 32.8 Å². The third-order valence-corrected chi connectivity index (χ3v) is 9.06. The third-order valence-electron chi connectivity index (χ3n) is 9.06. The summed E-state index contributed by atoms with van der Waals surface area (Å²) in [6.07, 6.45) is 8.28. The van der Waals surface area contributed by atoms with Gasteiger partial charge >= 0.3 is 6.09 Å². The van der Waals surface area contributed by atoms with E-state index < -0.39 is 0 Å². The number of ether oxygens (including phenoxy) is 1. The highest BCUT2D eigenvalue weighted by atomic mass is 16.6. The monoisotopic (exact) mass is 524 g/mol. The van der Waals surface area contributed by atoms with Crippen molar-refractivity contribution in [3.8, 4) is 0 Å². The number of carbonyl (C=O) groups is 1. The molecule has 1 heterocycles. The Morgan fingerprint density at radius 2 is 1.46 bits per heavy atom. The third kappa shape index (κ3) is 7.73. The molecule has 0 bridgehead atoms. The maximum absolute atomic E-state index is 12.9. The molecule has 206 valence electrons. The normalized spacial score (nSPS) is 22.0. The molecule has 1 amide bonds. The van der Waals surface area contributed by atoms with Gasteiger partial charge in [-0.15, -0.1) is 0 Å². The van der Waals surface area contributed by atoms with Crippen molar-refractivity contribution in [3.05, 3.63) is 108 Å². The number of aryl methyl sites for hydroxylation is 1. The van der Waals surface area contributed by atoms with Crippen LogP contribution < -0.4 is 0 Å². The molecule has 2 aliphatic rings. The number of likely N-dealkylation sites (tertiary alicyclic amines) is 1. The van der Waals surface area contributed by atoms with Gasteiger partial charge in [-0.1, -0.05) is 97.4 Å². The molecule has 3 aromatic carbocycles. The predicted molar refractivity (Wildman–Crippen MR) is 159 cm³/mol. The number of carbonyl (C=O) groups excluding carboxylic acids is 1. The fraction of sp³-hybridized carbons (Fsp3) is 0.457. The van der Waals surface area contributed by atoms with Crippen LogP contribution in [0.4, 0.5) is 4.79 Å². The lowest BCUT2D eigenvalue weighted by atomic mass is 9.87. The predicted octanol–water partition coefficient (Wildman–Crippen LogP) is 7.55. The van der Waals surface area contributed by atoms with E-state index in [0.717, 1.165) is 30.9 Å². The minimum Gasteiger partial charge on any atom is -0.445 e. The standard InChI is InChI=1S/C35H44N2O2/c1-36(35(38)39-27-30-14-7-3-8-15-30)33-24-32(34(25-33)31-18-9-4-10-19-31)26-37-22-20-29(21-23-37)17-11-16-28-12-5-2-6-13-28/h2-10,12-15,18-19,29,32-34H,11,16-17,20-27H2,1H3/t32-,33?,34-/m1/s1. The van der Waals surface area contributed by atoms with Crippen molar-refractivity contribution in [1.82, 2.24) is 9.80 Å². The van der Waals surface area contributed by atoms with Gasteiger partial charge in [-0.25, -0.2) is 4.79 Å². The molecule has 0 aromatic heterocycles. The fourth-order valence-corrected chi connectivity index (χ4v) is 6.72. The molecule has 1 saturated carbocycles. The fourth-order valence-electron chi connectivity index (χ4n) is 6.72. The summed E-state index contributed by atoms with van der Waals surface area (Å²) in [6, 6.07) is 32.0. The molecule has 4 heteroatoms. The molecule has 4 nitrogen and oxygen atoms in total. The Balaban J connectivity index is 1.13. The maximum Gasteiger partial charge on any atom is 0.410 e. The minimum absolute atomic E-state index is 0.207. The van der Waals surface area contributed by atoms with Crippen LogP contribution in [0.5, 0.6) is 0 Å². The lowest BCUT2D eigenvalue weighted by molar-refractivity contribution is 0.0901. The second kappa shape index (κ2) is 13.8. The molecule has 3 atom stereocenters. The maximum atomic E-state index is 12.9. The summed E-state index contributed by atoms with van der Waals surface area (Å²) in [6.45, 7) is 3.85. The van der Waals surface area contributed by atoms with Gasteiger partial charge in [0.15, 0.2) is 0 Å². The van der Waals surface area contributed by atoms with Crippen LogP contribution >= 0.6 is 0 Å². The second-order valence-corrected chi connectivity index (χ2v) is 11.7. The number of rotatable bonds is 10. The first-order chi connectivity index (χ1) is 19.2. The molecular weight excluding hydrogens is 480 g/mol. The molecule has 1 aliphatic carbocycles. The Hall–Kier alpha value is -3.11. The van der Waals surface area contributed by atoms with Gasteiger partial charge in [0.2, 0.25) is 0 Å². The summed E-state index contributed by atoms with van der Waals surface area (Å²) < 4.78 is 5.68. The average Bonchev–Trinajstić information content (AvgIpc) is 3.41. The summed E-state index contributed by atoms with van der Waals surface area (Å²) in [5, 5.41) is 0. The molecular formula is C35H44N2O2. The SMILES string of the molecule is CN(C(=O)OCc1ccccc1)C1C[C@H](CN2CCC(CCCc3ccccc3)CC2)[C@@H](c2ccccc2)C1. The van der Waals surface area contributed by atoms with E-state index in [4.69, 9.17) is 4.74 Å². The highest BCUT2D eigenvalue weighted by molar-refractivity contribution is 5.67. The van der Waals surface area contributed by atoms with Crippen molar-refractivity contribution < 1.29 is 9.53 Å². The number of benzene rings is 3. The first-order valence-electron chi connectivity index (χ1n) is 14.9. The Bertz CT molecular complexity index is 1130. The van der Waals surface area contributed by atoms with Crippen molar-refractivity contribution in [2.24, 2.45) is 11.8 Å². The van der Waals surface area contributed by atoms with Gasteiger partial charge in [0.25, 0.3) is 0 Å². The van der Waals surface area contributed by atoms with Gasteiger partial charge in [0, 0.05) is 19.6 Å². The largest absolute Gasteiger partial charge is 0.445 e. The molecule has 2 fully saturated rings. The van der Waals surface area contributed by atoms with Crippen molar-refractivity contribution >= 4 is 6.09 Å². The molecule has 0 radical (unpaired) electrons. The van der Waals surface area contributed by atoms with Gasteiger partial charge in [0.05, 0.1) is 0 Å². The lowest BCUT2D eigenvalue weighted by Crippen LogP contribution is -2.38. The van der Waals surface area contributed by atoms with E-state index in [0.29, 0.717) is 18.4 Å². The Labute approximate surface area is 235 Å². The molecule has 3 aromatic rings. The number of amides is 1. The Morgan fingerprint density at radius 1 is 0.846 bits per heavy atom. The summed E-state index contributed by atoms with van der Waals surface area (Å²) in [7, 11) is 1.92. The smallest absolute Gasteiger partial charge is 0.410 e. The van der Waals surface area contributed by atoms with Gasteiger partial charge in [0.1, 0.15) is 6.61 Å². The van der Waals surface area contributed by atoms with Crippen LogP contribution in [0, 0.1) is 11.8 Å². The van der Waals surface area contributed by atoms with Crippen LogP contribution in [0.25, 0.3) is 0 Å². The van der Waals surface area contributed by atoms with E-state index in [1.165, 1.54) is 56.3 Å². The van der Waals surface area contributed by atoms with Crippen molar-refractivity contribution in [3.63, 3.8) is 0 Å². The molecule has 1 saturated heterocycles. The second-order valence-electron chi connectivity index (χ2n) is 11.7. The van der Waals surface area contributed by atoms with Gasteiger partial charge in [-0.2, -0.15) is 0 Å². The van der Waals surface area contributed by atoms with Crippen LogP contribution in [0.2, 0.25) is 0 Å². The van der Waals surface area contributed by atoms with Crippen LogP contribution in [0.3, 0.4) is 0 Å². The molecule has 0 N–H and O–H groups in total. The summed E-state index contributed by atoms with van der Waals surface area (Å²) >= 11 is 0. The molecule has 0 spiro atoms. The summed E-state index contributed by atoms with van der Waals surface area (Å²) in [5.41, 5.74) is 3.90. The Morgan fingerprint density at radius 3 is 2.13 bits per heavy atom. The van der Waals surface area contributed by atoms with Gasteiger partial charge in [-0.3, -0.25) is 0 Å². The molecule has 1 unspecified atom stereocenters. The Kier molecular flexibility index (Phi) is 9.71. The highest BCUT2D eigenvalue weighted by Gasteiger charge is 2.39. The van der Waals surface area contributed by atoms with Crippen LogP contribution in [-0.2, 0) is 17.8 Å². The quantitative estimate of drug-likeness (QED) is 0.274. The summed E-state index contributed by atoms with van der Waals surface area (Å²) in [4.78, 5) is 17.5. The zero-order valence-corrected chi connectivity index (χ0v) is 23.5. The van der Waals surface area contributed by atoms with Gasteiger partial charge < -0.3 is 14.5 Å². The van der Waals surface area contributed by atoms with Crippen LogP contribution in [0.15, 0.2) is 91.0 Å². The number of hydrogen-bond donors (Lipinski definition) is 0. The van der Waals surface area contributed by atoms with Crippen LogP contribution in [-0.4, -0.2) is 48.6 Å². The van der Waals surface area contributed by atoms with Crippen LogP contribution in [0.1, 0.15) is 61.1 Å². The summed E-state index contributed by atoms with van der Waals surface area (Å²) in [5.74, 6) is 1.89. The minimum atomic E-state index is -0.215. The molecule has 5 rings (SSSR count). The van der Waals surface area contributed by atoms with Crippen molar-refractivity contribution in [2.75, 3.05) is 26.7 Å². The first kappa shape index (κ1) is 27.5. The van der Waals surface area contributed by atoms with Crippen molar-refractivity contribution in [2.45, 2.75) is 63.5 Å². The van der Waals surface area contributed by atoms with Gasteiger partial charge in [-0.05, 0) is 86.1 Å². The van der Waals surface area contributed by atoms with E-state index in [1.807, 2.05) is 42.3 Å². The first-order valence-corrected chi connectivity index (χ1v) is 14.9. The van der Waals surface area contributed by atoms with E-state index >= 15 is 0 Å².